The van der Waals surface area contributed by atoms with Gasteiger partial charge in [-0.15, -0.1) is 11.3 Å². The molecule has 0 spiro atoms. The van der Waals surface area contributed by atoms with Crippen molar-refractivity contribution in [2.24, 2.45) is 0 Å². The molecule has 0 N–H and O–H groups in total. The molecular formula is C11H13NS. The highest BCUT2D eigenvalue weighted by Gasteiger charge is 2.16. The Hall–Kier alpha value is -0.890. The minimum absolute atomic E-state index is 0.246. The molecule has 0 aliphatic carbocycles. The number of hydrogen-bond acceptors (Lipinski definition) is 2. The Labute approximate surface area is 82.8 Å². The van der Waals surface area contributed by atoms with Gasteiger partial charge in [-0.1, -0.05) is 20.8 Å². The van der Waals surface area contributed by atoms with Crippen LogP contribution in [0.4, 0.5) is 0 Å². The molecule has 0 atom stereocenters. The number of hydrogen-bond donors (Lipinski definition) is 0. The monoisotopic (exact) mass is 191 g/mol. The van der Waals surface area contributed by atoms with Crippen molar-refractivity contribution in [3.63, 3.8) is 0 Å². The van der Waals surface area contributed by atoms with E-state index in [9.17, 15) is 0 Å². The molecule has 2 aliphatic rings. The quantitative estimate of drug-likeness (QED) is 0.620. The topological polar surface area (TPSA) is 12.9 Å². The lowest BCUT2D eigenvalue weighted by molar-refractivity contribution is 0.603. The average Bonchev–Trinajstić information content (AvgIpc) is 2.47. The number of aromatic nitrogens is 1. The molecule has 0 saturated carbocycles. The van der Waals surface area contributed by atoms with Gasteiger partial charge in [0.25, 0.3) is 0 Å². The zero-order valence-electron chi connectivity index (χ0n) is 8.16. The molecule has 0 aromatic heterocycles. The van der Waals surface area contributed by atoms with Gasteiger partial charge < -0.3 is 0 Å². The van der Waals surface area contributed by atoms with Gasteiger partial charge in [-0.05, 0) is 11.5 Å². The summed E-state index contributed by atoms with van der Waals surface area (Å²) in [6.07, 6.45) is 3.84. The van der Waals surface area contributed by atoms with Gasteiger partial charge in [0.05, 0.1) is 0 Å². The van der Waals surface area contributed by atoms with Crippen LogP contribution in [0.3, 0.4) is 0 Å². The maximum absolute atomic E-state index is 4.13. The summed E-state index contributed by atoms with van der Waals surface area (Å²) in [5.41, 5.74) is 2.75. The zero-order valence-corrected chi connectivity index (χ0v) is 8.98. The van der Waals surface area contributed by atoms with E-state index in [4.69, 9.17) is 0 Å². The van der Waals surface area contributed by atoms with Crippen LogP contribution in [-0.4, -0.2) is 4.98 Å². The predicted octanol–water partition coefficient (Wildman–Crippen LogP) is 3.55. The smallest absolute Gasteiger partial charge is 0.0355 e. The van der Waals surface area contributed by atoms with E-state index in [0.29, 0.717) is 0 Å². The summed E-state index contributed by atoms with van der Waals surface area (Å²) in [6.45, 7) is 6.71. The van der Waals surface area contributed by atoms with Gasteiger partial charge in [0.15, 0.2) is 0 Å². The minimum Gasteiger partial charge on any atom is -0.263 e. The van der Waals surface area contributed by atoms with Crippen LogP contribution in [-0.2, 0) is 5.41 Å². The molecule has 0 bridgehead atoms. The molecular weight excluding hydrogens is 178 g/mol. The summed E-state index contributed by atoms with van der Waals surface area (Å²) >= 11 is 1.81. The Bertz CT molecular complexity index is 384. The van der Waals surface area contributed by atoms with E-state index < -0.39 is 0 Å². The molecule has 0 saturated heterocycles. The van der Waals surface area contributed by atoms with Gasteiger partial charge in [0, 0.05) is 33.8 Å². The second-order valence-electron chi connectivity index (χ2n) is 4.31. The Balaban J connectivity index is 2.56. The van der Waals surface area contributed by atoms with E-state index in [2.05, 4.69) is 37.2 Å². The highest BCUT2D eigenvalue weighted by molar-refractivity contribution is 7.10. The lowest BCUT2D eigenvalue weighted by atomic mass is 9.93. The van der Waals surface area contributed by atoms with Crippen LogP contribution in [0.15, 0.2) is 23.8 Å². The zero-order chi connectivity index (χ0) is 9.47. The standard InChI is InChI=1S/C11H13NS/c1-11(2,3)10-4-8-5-12-6-9(8)7-13-10/h4-7H,1-3H3. The molecule has 2 heteroatoms. The van der Waals surface area contributed by atoms with Crippen LogP contribution in [0.5, 0.6) is 0 Å². The molecule has 2 rings (SSSR count). The second kappa shape index (κ2) is 2.81. The molecule has 13 heavy (non-hydrogen) atoms. The van der Waals surface area contributed by atoms with Crippen LogP contribution < -0.4 is 0 Å². The Morgan fingerprint density at radius 1 is 1.15 bits per heavy atom. The highest BCUT2D eigenvalue weighted by atomic mass is 32.1. The first-order valence-electron chi connectivity index (χ1n) is 4.40. The molecule has 0 aromatic rings. The number of rotatable bonds is 0. The predicted molar refractivity (Wildman–Crippen MR) is 57.4 cm³/mol. The van der Waals surface area contributed by atoms with Gasteiger partial charge in [-0.3, -0.25) is 4.98 Å². The van der Waals surface area contributed by atoms with Crippen LogP contribution in [0.25, 0.3) is 11.1 Å². The summed E-state index contributed by atoms with van der Waals surface area (Å²) in [6, 6.07) is 2.24. The second-order valence-corrected chi connectivity index (χ2v) is 5.22. The van der Waals surface area contributed by atoms with E-state index >= 15 is 0 Å². The fourth-order valence-electron chi connectivity index (χ4n) is 1.26. The van der Waals surface area contributed by atoms with Crippen molar-refractivity contribution in [1.29, 1.82) is 0 Å². The van der Waals surface area contributed by atoms with Crippen molar-refractivity contribution >= 4 is 11.3 Å². The lowest BCUT2D eigenvalue weighted by Crippen LogP contribution is -2.09. The molecule has 0 fully saturated rings. The molecule has 0 radical (unpaired) electrons. The van der Waals surface area contributed by atoms with Gasteiger partial charge in [-0.2, -0.15) is 0 Å². The van der Waals surface area contributed by atoms with Crippen molar-refractivity contribution in [3.05, 3.63) is 28.7 Å². The maximum atomic E-state index is 4.13. The summed E-state index contributed by atoms with van der Waals surface area (Å²) in [5, 5.41) is 2.18. The number of nitrogens with zero attached hydrogens (tertiary/aromatic N) is 1. The third-order valence-corrected chi connectivity index (χ3v) is 3.46. The number of fused-ring (bicyclic) bond motifs is 1. The fourth-order valence-corrected chi connectivity index (χ4v) is 2.26. The fraction of sp³-hybridized carbons (Fsp3) is 0.364. The van der Waals surface area contributed by atoms with Crippen molar-refractivity contribution in [1.82, 2.24) is 4.98 Å². The van der Waals surface area contributed by atoms with E-state index in [1.54, 1.807) is 0 Å². The summed E-state index contributed by atoms with van der Waals surface area (Å²) in [4.78, 5) is 5.54. The van der Waals surface area contributed by atoms with Crippen LogP contribution in [0.1, 0.15) is 25.6 Å². The first kappa shape index (κ1) is 8.70. The minimum atomic E-state index is 0.246. The van der Waals surface area contributed by atoms with Crippen molar-refractivity contribution in [2.75, 3.05) is 0 Å². The Morgan fingerprint density at radius 2 is 1.85 bits per heavy atom. The maximum Gasteiger partial charge on any atom is 0.0355 e. The van der Waals surface area contributed by atoms with E-state index in [0.717, 1.165) is 0 Å². The molecule has 1 nitrogen and oxygen atoms in total. The average molecular weight is 191 g/mol. The Morgan fingerprint density at radius 3 is 2.54 bits per heavy atom. The summed E-state index contributed by atoms with van der Waals surface area (Å²) in [7, 11) is 0. The van der Waals surface area contributed by atoms with Gasteiger partial charge >= 0.3 is 0 Å². The SMILES string of the molecule is CC(C)(C)c1cc2cncc-2cs1. The van der Waals surface area contributed by atoms with E-state index in [-0.39, 0.29) is 5.41 Å². The molecule has 0 aromatic carbocycles. The van der Waals surface area contributed by atoms with Gasteiger partial charge in [0.1, 0.15) is 0 Å². The van der Waals surface area contributed by atoms with Crippen LogP contribution in [0, 0.1) is 0 Å². The lowest BCUT2D eigenvalue weighted by Gasteiger charge is -2.18. The summed E-state index contributed by atoms with van der Waals surface area (Å²) in [5.74, 6) is 0. The highest BCUT2D eigenvalue weighted by Crippen LogP contribution is 2.32. The van der Waals surface area contributed by atoms with Crippen molar-refractivity contribution in [3.8, 4) is 11.1 Å². The van der Waals surface area contributed by atoms with Crippen LogP contribution in [0.2, 0.25) is 0 Å². The third kappa shape index (κ3) is 1.59. The molecule has 2 aliphatic heterocycles. The van der Waals surface area contributed by atoms with Gasteiger partial charge in [-0.25, -0.2) is 0 Å². The first-order valence-corrected chi connectivity index (χ1v) is 5.28. The molecule has 0 unspecified atom stereocenters. The molecule has 68 valence electrons. The van der Waals surface area contributed by atoms with E-state index in [1.165, 1.54) is 16.0 Å². The van der Waals surface area contributed by atoms with Crippen molar-refractivity contribution in [2.45, 2.75) is 26.2 Å². The first-order chi connectivity index (χ1) is 6.07. The van der Waals surface area contributed by atoms with E-state index in [1.807, 2.05) is 23.7 Å². The Kier molecular flexibility index (Phi) is 1.88. The van der Waals surface area contributed by atoms with Crippen molar-refractivity contribution < 1.29 is 0 Å². The summed E-state index contributed by atoms with van der Waals surface area (Å²) < 4.78 is 0. The normalized spacial score (nSPS) is 12.2. The van der Waals surface area contributed by atoms with Crippen LogP contribution >= 0.6 is 11.3 Å². The largest absolute Gasteiger partial charge is 0.263 e. The molecule has 0 amide bonds. The third-order valence-electron chi connectivity index (χ3n) is 2.10. The van der Waals surface area contributed by atoms with Gasteiger partial charge in [0.2, 0.25) is 0 Å². The molecule has 2 heterocycles.